The first-order valence-corrected chi connectivity index (χ1v) is 9.17. The van der Waals surface area contributed by atoms with Gasteiger partial charge in [-0.25, -0.2) is 4.79 Å². The van der Waals surface area contributed by atoms with Crippen molar-refractivity contribution in [2.75, 3.05) is 50.8 Å². The van der Waals surface area contributed by atoms with Crippen LogP contribution in [-0.2, 0) is 4.74 Å². The van der Waals surface area contributed by atoms with Crippen LogP contribution in [0.1, 0.15) is 22.8 Å². The first-order chi connectivity index (χ1) is 12.6. The number of hydrogen-bond acceptors (Lipinski definition) is 5. The maximum Gasteiger partial charge on any atom is 0.341 e. The normalized spacial score (nSPS) is 15.3. The number of rotatable bonds is 6. The number of anilines is 1. The lowest BCUT2D eigenvalue weighted by Gasteiger charge is -2.35. The number of carbonyl (C=O) groups is 1. The fourth-order valence-corrected chi connectivity index (χ4v) is 3.28. The number of H-pyrrole nitrogens is 1. The van der Waals surface area contributed by atoms with Gasteiger partial charge in [0.1, 0.15) is 11.4 Å². The van der Waals surface area contributed by atoms with Crippen LogP contribution in [0.15, 0.2) is 30.3 Å². The van der Waals surface area contributed by atoms with Crippen molar-refractivity contribution in [1.82, 2.24) is 9.88 Å². The van der Waals surface area contributed by atoms with Crippen molar-refractivity contribution in [3.8, 4) is 11.3 Å². The van der Waals surface area contributed by atoms with Gasteiger partial charge in [-0.05, 0) is 25.5 Å². The summed E-state index contributed by atoms with van der Waals surface area (Å²) in [5.41, 5.74) is 3.75. The van der Waals surface area contributed by atoms with Gasteiger partial charge in [0, 0.05) is 38.4 Å². The van der Waals surface area contributed by atoms with Crippen molar-refractivity contribution in [2.45, 2.75) is 13.8 Å². The molecule has 6 heteroatoms. The monoisotopic (exact) mass is 357 g/mol. The molecule has 1 aromatic carbocycles. The Balaban J connectivity index is 1.87. The highest BCUT2D eigenvalue weighted by Gasteiger charge is 2.25. The molecule has 0 radical (unpaired) electrons. The molecule has 0 atom stereocenters. The molecular formula is C20H27N3O3. The molecular weight excluding hydrogens is 330 g/mol. The summed E-state index contributed by atoms with van der Waals surface area (Å²) in [6, 6.07) is 10.1. The van der Waals surface area contributed by atoms with Gasteiger partial charge in [-0.1, -0.05) is 29.8 Å². The Kier molecular flexibility index (Phi) is 5.96. The molecule has 2 heterocycles. The van der Waals surface area contributed by atoms with Crippen molar-refractivity contribution < 1.29 is 14.6 Å². The number of aryl methyl sites for hydroxylation is 1. The Morgan fingerprint density at radius 3 is 2.50 bits per heavy atom. The summed E-state index contributed by atoms with van der Waals surface area (Å²) in [6.07, 6.45) is 0. The second-order valence-corrected chi connectivity index (χ2v) is 6.58. The Labute approximate surface area is 154 Å². The summed E-state index contributed by atoms with van der Waals surface area (Å²) < 4.78 is 5.26. The Morgan fingerprint density at radius 1 is 1.19 bits per heavy atom. The molecule has 6 nitrogen and oxygen atoms in total. The minimum atomic E-state index is -0.296. The number of aromatic amines is 1. The quantitative estimate of drug-likeness (QED) is 0.777. The van der Waals surface area contributed by atoms with Gasteiger partial charge >= 0.3 is 5.97 Å². The molecule has 0 amide bonds. The molecule has 0 bridgehead atoms. The molecule has 0 unspecified atom stereocenters. The zero-order valence-electron chi connectivity index (χ0n) is 15.5. The standard InChI is InChI=1S/C20H27N3O3/c1-3-26-20(25)17-14-18(16-6-4-15(2)5-7-16)21-19(17)23-10-8-22(9-11-23)12-13-24/h4-7,14,21,24H,3,8-13H2,1-2H3. The number of carbonyl (C=O) groups excluding carboxylic acids is 1. The summed E-state index contributed by atoms with van der Waals surface area (Å²) in [4.78, 5) is 20.3. The van der Waals surface area contributed by atoms with Gasteiger partial charge in [-0.2, -0.15) is 0 Å². The minimum Gasteiger partial charge on any atom is -0.462 e. The molecule has 1 fully saturated rings. The molecule has 26 heavy (non-hydrogen) atoms. The smallest absolute Gasteiger partial charge is 0.341 e. The molecule has 1 aliphatic heterocycles. The van der Waals surface area contributed by atoms with Crippen LogP contribution in [0.2, 0.25) is 0 Å². The molecule has 1 aliphatic rings. The Bertz CT molecular complexity index is 731. The van der Waals surface area contributed by atoms with Crippen LogP contribution in [0.4, 0.5) is 5.82 Å². The fraction of sp³-hybridized carbons (Fsp3) is 0.450. The molecule has 0 aliphatic carbocycles. The third-order valence-corrected chi connectivity index (χ3v) is 4.76. The average molecular weight is 357 g/mol. The van der Waals surface area contributed by atoms with E-state index < -0.39 is 0 Å². The van der Waals surface area contributed by atoms with E-state index >= 15 is 0 Å². The van der Waals surface area contributed by atoms with Crippen molar-refractivity contribution in [1.29, 1.82) is 0 Å². The van der Waals surface area contributed by atoms with E-state index in [2.05, 4.69) is 46.0 Å². The molecule has 140 valence electrons. The predicted octanol–water partition coefficient (Wildman–Crippen LogP) is 2.28. The number of hydrogen-bond donors (Lipinski definition) is 2. The zero-order valence-corrected chi connectivity index (χ0v) is 15.5. The van der Waals surface area contributed by atoms with Gasteiger partial charge < -0.3 is 19.7 Å². The number of aliphatic hydroxyl groups excluding tert-OH is 1. The van der Waals surface area contributed by atoms with E-state index in [4.69, 9.17) is 9.84 Å². The van der Waals surface area contributed by atoms with Crippen molar-refractivity contribution in [2.24, 2.45) is 0 Å². The van der Waals surface area contributed by atoms with Crippen LogP contribution in [0.25, 0.3) is 11.3 Å². The first-order valence-electron chi connectivity index (χ1n) is 9.17. The lowest BCUT2D eigenvalue weighted by atomic mass is 10.1. The van der Waals surface area contributed by atoms with E-state index in [1.807, 2.05) is 13.0 Å². The van der Waals surface area contributed by atoms with Crippen LogP contribution in [0, 0.1) is 6.92 Å². The topological polar surface area (TPSA) is 68.8 Å². The number of nitrogens with one attached hydrogen (secondary N) is 1. The second kappa shape index (κ2) is 8.38. The van der Waals surface area contributed by atoms with Crippen molar-refractivity contribution >= 4 is 11.8 Å². The van der Waals surface area contributed by atoms with Gasteiger partial charge in [0.2, 0.25) is 0 Å². The van der Waals surface area contributed by atoms with E-state index in [9.17, 15) is 4.79 Å². The predicted molar refractivity (Wildman–Crippen MR) is 103 cm³/mol. The van der Waals surface area contributed by atoms with Gasteiger partial charge in [-0.15, -0.1) is 0 Å². The van der Waals surface area contributed by atoms with Crippen LogP contribution in [-0.4, -0.2) is 66.9 Å². The van der Waals surface area contributed by atoms with Crippen LogP contribution in [0.3, 0.4) is 0 Å². The van der Waals surface area contributed by atoms with Gasteiger partial charge in [-0.3, -0.25) is 4.90 Å². The molecule has 1 aromatic heterocycles. The number of aliphatic hydroxyl groups is 1. The van der Waals surface area contributed by atoms with E-state index in [0.717, 1.165) is 43.3 Å². The van der Waals surface area contributed by atoms with Gasteiger partial charge in [0.05, 0.1) is 13.2 Å². The Hall–Kier alpha value is -2.31. The second-order valence-electron chi connectivity index (χ2n) is 6.58. The molecule has 3 rings (SSSR count). The summed E-state index contributed by atoms with van der Waals surface area (Å²) >= 11 is 0. The molecule has 0 spiro atoms. The molecule has 2 aromatic rings. The highest BCUT2D eigenvalue weighted by Crippen LogP contribution is 2.29. The summed E-state index contributed by atoms with van der Waals surface area (Å²) in [5, 5.41) is 9.10. The van der Waals surface area contributed by atoms with Crippen LogP contribution < -0.4 is 4.90 Å². The fourth-order valence-electron chi connectivity index (χ4n) is 3.28. The van der Waals surface area contributed by atoms with E-state index in [1.165, 1.54) is 5.56 Å². The number of aromatic nitrogens is 1. The third kappa shape index (κ3) is 4.08. The SMILES string of the molecule is CCOC(=O)c1cc(-c2ccc(C)cc2)[nH]c1N1CCN(CCO)CC1. The van der Waals surface area contributed by atoms with Gasteiger partial charge in [0.25, 0.3) is 0 Å². The largest absolute Gasteiger partial charge is 0.462 e. The molecule has 0 saturated carbocycles. The van der Waals surface area contributed by atoms with Crippen molar-refractivity contribution in [3.63, 3.8) is 0 Å². The first kappa shape index (κ1) is 18.5. The zero-order chi connectivity index (χ0) is 18.5. The third-order valence-electron chi connectivity index (χ3n) is 4.76. The van der Waals surface area contributed by atoms with Gasteiger partial charge in [0.15, 0.2) is 0 Å². The summed E-state index contributed by atoms with van der Waals surface area (Å²) in [7, 11) is 0. The molecule has 1 saturated heterocycles. The minimum absolute atomic E-state index is 0.175. The Morgan fingerprint density at radius 2 is 1.88 bits per heavy atom. The highest BCUT2D eigenvalue weighted by molar-refractivity contribution is 5.97. The number of piperazine rings is 1. The number of benzene rings is 1. The number of esters is 1. The summed E-state index contributed by atoms with van der Waals surface area (Å²) in [5.74, 6) is 0.526. The maximum atomic E-state index is 12.5. The van der Waals surface area contributed by atoms with Crippen LogP contribution >= 0.6 is 0 Å². The van der Waals surface area contributed by atoms with E-state index in [1.54, 1.807) is 0 Å². The van der Waals surface area contributed by atoms with Crippen LogP contribution in [0.5, 0.6) is 0 Å². The molecule has 2 N–H and O–H groups in total. The van der Waals surface area contributed by atoms with E-state index in [-0.39, 0.29) is 12.6 Å². The number of nitrogens with zero attached hydrogens (tertiary/aromatic N) is 2. The number of β-amino-alcohol motifs (C(OH)–C–C–N with tert-alkyl or cyclic N) is 1. The van der Waals surface area contributed by atoms with E-state index in [0.29, 0.717) is 18.7 Å². The lowest BCUT2D eigenvalue weighted by molar-refractivity contribution is 0.0527. The highest BCUT2D eigenvalue weighted by atomic mass is 16.5. The summed E-state index contributed by atoms with van der Waals surface area (Å²) in [6.45, 7) is 8.43. The average Bonchev–Trinajstić information content (AvgIpc) is 3.09. The number of ether oxygens (including phenoxy) is 1. The lowest BCUT2D eigenvalue weighted by Crippen LogP contribution is -2.47. The maximum absolute atomic E-state index is 12.5. The van der Waals surface area contributed by atoms with Crippen molar-refractivity contribution in [3.05, 3.63) is 41.5 Å².